The fraction of sp³-hybridized carbons (Fsp3) is 0.222. The summed E-state index contributed by atoms with van der Waals surface area (Å²) in [5.41, 5.74) is 7.65. The van der Waals surface area contributed by atoms with E-state index in [-0.39, 0.29) is 58.5 Å². The summed E-state index contributed by atoms with van der Waals surface area (Å²) in [5.74, 6) is -1.12. The predicted molar refractivity (Wildman–Crippen MR) is 59.4 cm³/mol. The molecule has 100 valence electrons. The molecule has 1 unspecified atom stereocenters. The third-order valence-corrected chi connectivity index (χ3v) is 1.27. The Labute approximate surface area is 148 Å². The van der Waals surface area contributed by atoms with Crippen molar-refractivity contribution in [3.05, 3.63) is 24.0 Å². The third kappa shape index (κ3) is 19.8. The Morgan fingerprint density at radius 1 is 1.37 bits per heavy atom. The first kappa shape index (κ1) is 31.0. The minimum atomic E-state index is -1.12. The van der Waals surface area contributed by atoms with Crippen LogP contribution in [0.4, 0.5) is 0 Å². The first-order chi connectivity index (χ1) is 8.20. The van der Waals surface area contributed by atoms with Crippen molar-refractivity contribution in [3.8, 4) is 0 Å². The van der Waals surface area contributed by atoms with Crippen LogP contribution in [0.2, 0.25) is 0 Å². The van der Waals surface area contributed by atoms with Gasteiger partial charge in [-0.1, -0.05) is 0 Å². The van der Waals surface area contributed by atoms with Crippen LogP contribution >= 0.6 is 0 Å². The number of carboxylic acid groups (broad SMARTS) is 1. The Morgan fingerprint density at radius 3 is 2.05 bits per heavy atom. The number of hydrogen-bond donors (Lipinski definition) is 2. The molecule has 0 amide bonds. The molecule has 0 spiro atoms. The second-order valence-electron chi connectivity index (χ2n) is 2.16. The molecule has 0 fully saturated rings. The minimum Gasteiger partial charge on any atom is -1.00 e. The van der Waals surface area contributed by atoms with Gasteiger partial charge >= 0.3 is 50.6 Å². The van der Waals surface area contributed by atoms with Gasteiger partial charge in [0.2, 0.25) is 0 Å². The Morgan fingerprint density at radius 2 is 1.79 bits per heavy atom. The van der Waals surface area contributed by atoms with Gasteiger partial charge in [-0.05, 0) is 12.5 Å². The zero-order valence-electron chi connectivity index (χ0n) is 11.1. The number of aromatic nitrogens is 2. The summed E-state index contributed by atoms with van der Waals surface area (Å²) in [5, 5.41) is 8.36. The van der Waals surface area contributed by atoms with Crippen LogP contribution in [0.3, 0.4) is 0 Å². The van der Waals surface area contributed by atoms with Crippen molar-refractivity contribution in [3.63, 3.8) is 0 Å². The second kappa shape index (κ2) is 26.0. The maximum Gasteiger partial charge on any atom is 4.00 e. The summed E-state index contributed by atoms with van der Waals surface area (Å²) in [6.07, 6.45) is 3.20. The van der Waals surface area contributed by atoms with Crippen LogP contribution in [0.15, 0.2) is 12.5 Å². The van der Waals surface area contributed by atoms with E-state index in [4.69, 9.17) is 25.2 Å². The van der Waals surface area contributed by atoms with E-state index >= 15 is 0 Å². The summed E-state index contributed by atoms with van der Waals surface area (Å²) in [4.78, 5) is 39.9. The molecule has 0 aromatic carbocycles. The minimum absolute atomic E-state index is 0. The van der Waals surface area contributed by atoms with Gasteiger partial charge in [0.25, 0.3) is 5.97 Å². The molecule has 1 rings (SSSR count). The number of aromatic amines is 1. The molecule has 0 aliphatic carbocycles. The smallest absolute Gasteiger partial charge is 1.00 e. The van der Waals surface area contributed by atoms with E-state index < -0.39 is 12.0 Å². The maximum absolute atomic E-state index is 10.2. The molecule has 1 aromatic rings. The first-order valence-corrected chi connectivity index (χ1v) is 3.82. The van der Waals surface area contributed by atoms with Crippen LogP contribution in [0.25, 0.3) is 5.73 Å². The van der Waals surface area contributed by atoms with Gasteiger partial charge in [-0.15, -0.1) is 0 Å². The van der Waals surface area contributed by atoms with Gasteiger partial charge in [-0.2, -0.15) is 0 Å². The molecular weight excluding hydrogens is 349 g/mol. The van der Waals surface area contributed by atoms with Crippen molar-refractivity contribution < 1.29 is 76.3 Å². The average Bonchev–Trinajstić information content (AvgIpc) is 2.89. The van der Waals surface area contributed by atoms with Gasteiger partial charge in [0.05, 0.1) is 12.0 Å². The van der Waals surface area contributed by atoms with Crippen LogP contribution in [-0.2, 0) is 46.7 Å². The van der Waals surface area contributed by atoms with E-state index in [0.717, 1.165) is 0 Å². The second-order valence-corrected chi connectivity index (χ2v) is 2.16. The van der Waals surface area contributed by atoms with E-state index in [1.807, 2.05) is 0 Å². The molecule has 1 atom stereocenters. The van der Waals surface area contributed by atoms with Crippen molar-refractivity contribution in [2.75, 3.05) is 0 Å². The summed E-state index contributed by atoms with van der Waals surface area (Å²) in [6, 6.07) is -1.11. The SMILES string of the molecule is [CH-]=O.[CH-]=O.[CH-]=O.[H-].[Mo+4].[NH-]C(Cc1c[nH]cn1)C(=O)O.[Na+]. The molecule has 1 heterocycles. The Bertz CT molecular complexity index is 290. The largest absolute Gasteiger partial charge is 4.00 e. The van der Waals surface area contributed by atoms with Crippen molar-refractivity contribution in [2.45, 2.75) is 12.5 Å². The van der Waals surface area contributed by atoms with Crippen LogP contribution in [0.1, 0.15) is 7.12 Å². The molecule has 10 heteroatoms. The molecule has 0 saturated heterocycles. The number of carbonyl (C=O) groups is 1. The van der Waals surface area contributed by atoms with Crippen LogP contribution in [0, 0.1) is 0 Å². The number of carbonyl (C=O) groups excluding carboxylic acids is 3. The van der Waals surface area contributed by atoms with Crippen LogP contribution in [-0.4, -0.2) is 47.5 Å². The Hall–Kier alpha value is -0.662. The van der Waals surface area contributed by atoms with E-state index in [1.54, 1.807) is 6.20 Å². The first-order valence-electron chi connectivity index (χ1n) is 3.82. The number of nitrogens with one attached hydrogen (secondary N) is 2. The third-order valence-electron chi connectivity index (χ3n) is 1.27. The number of hydrogen-bond acceptors (Lipinski definition) is 5. The van der Waals surface area contributed by atoms with Gasteiger partial charge in [-0.3, -0.25) is 25.2 Å². The standard InChI is InChI=1S/C6H8N3O2.3CHO.Mo.Na.H/c7-5(6(10)11)1-4-2-8-3-9-4;3*1-2;;;/h2-3,5,7H,1H2,(H,8,9)(H,10,11);3*1H;;;/q4*-1;+4;+1;-1. The van der Waals surface area contributed by atoms with Crippen molar-refractivity contribution >= 4 is 26.3 Å². The molecule has 1 aromatic heterocycles. The van der Waals surface area contributed by atoms with Gasteiger partial charge in [0.15, 0.2) is 0 Å². The van der Waals surface area contributed by atoms with Gasteiger partial charge in [-0.25, -0.2) is 4.98 Å². The number of nitrogens with zero attached hydrogens (tertiary/aromatic N) is 1. The number of rotatable bonds is 3. The quantitative estimate of drug-likeness (QED) is 0.329. The number of carboxylic acids is 1. The van der Waals surface area contributed by atoms with Crippen molar-refractivity contribution in [2.24, 2.45) is 0 Å². The maximum atomic E-state index is 10.2. The van der Waals surface area contributed by atoms with Crippen LogP contribution in [0.5, 0.6) is 0 Å². The summed E-state index contributed by atoms with van der Waals surface area (Å²) >= 11 is 0. The van der Waals surface area contributed by atoms with Gasteiger partial charge < -0.3 is 31.6 Å². The zero-order valence-corrected chi connectivity index (χ0v) is 14.1. The predicted octanol–water partition coefficient (Wildman–Crippen LogP) is -3.25. The van der Waals surface area contributed by atoms with Gasteiger partial charge in [0.1, 0.15) is 0 Å². The number of imidazole rings is 1. The summed E-state index contributed by atoms with van der Waals surface area (Å²) in [6.45, 7) is 9.75. The average molecular weight is 361 g/mol. The van der Waals surface area contributed by atoms with E-state index in [1.165, 1.54) is 6.33 Å². The Balaban J connectivity index is -0.0000000486. The molecule has 3 N–H and O–H groups in total. The van der Waals surface area contributed by atoms with Crippen LogP contribution < -0.4 is 29.6 Å². The van der Waals surface area contributed by atoms with Crippen molar-refractivity contribution in [1.29, 1.82) is 0 Å². The molecule has 8 nitrogen and oxygen atoms in total. The molecule has 0 saturated carbocycles. The summed E-state index contributed by atoms with van der Waals surface area (Å²) < 4.78 is 0. The molecule has 19 heavy (non-hydrogen) atoms. The monoisotopic (exact) mass is 363 g/mol. The Kier molecular flexibility index (Phi) is 42.4. The van der Waals surface area contributed by atoms with Crippen molar-refractivity contribution in [1.82, 2.24) is 9.97 Å². The fourth-order valence-corrected chi connectivity index (χ4v) is 0.699. The van der Waals surface area contributed by atoms with E-state index in [0.29, 0.717) is 5.69 Å². The number of H-pyrrole nitrogens is 1. The molecule has 0 radical (unpaired) electrons. The number of aliphatic carboxylic acids is 1. The normalized spacial score (nSPS) is 8.05. The zero-order chi connectivity index (χ0) is 14.3. The topological polar surface area (TPSA) is 141 Å². The molecule has 0 aliphatic rings. The molecule has 0 bridgehead atoms. The van der Waals surface area contributed by atoms with E-state index in [2.05, 4.69) is 30.3 Å². The van der Waals surface area contributed by atoms with E-state index in [9.17, 15) is 4.79 Å². The molecule has 0 aliphatic heterocycles. The fourth-order valence-electron chi connectivity index (χ4n) is 0.699. The summed E-state index contributed by atoms with van der Waals surface area (Å²) in [7, 11) is 0. The van der Waals surface area contributed by atoms with Gasteiger partial charge in [0, 0.05) is 6.20 Å². The molecular formula is C9H12MoN3NaO5.